The molecule has 4 rings (SSSR count). The molecule has 0 amide bonds. The van der Waals surface area contributed by atoms with E-state index in [0.717, 1.165) is 10.9 Å². The minimum absolute atomic E-state index is 0.260. The SMILES string of the molecule is Clc1ccc(C(NC23CCC(CC2)C3)c2ccccc2)cc1. The number of halogens is 1. The lowest BCUT2D eigenvalue weighted by Gasteiger charge is -2.34. The summed E-state index contributed by atoms with van der Waals surface area (Å²) in [5.74, 6) is 0.953. The van der Waals surface area contributed by atoms with Crippen molar-refractivity contribution < 1.29 is 0 Å². The predicted octanol–water partition coefficient (Wildman–Crippen LogP) is 5.35. The van der Waals surface area contributed by atoms with E-state index in [2.05, 4.69) is 47.8 Å². The highest BCUT2D eigenvalue weighted by Crippen LogP contribution is 2.49. The number of rotatable bonds is 4. The monoisotopic (exact) mass is 311 g/mol. The van der Waals surface area contributed by atoms with Gasteiger partial charge >= 0.3 is 0 Å². The third-order valence-corrected chi connectivity index (χ3v) is 5.78. The number of hydrogen-bond acceptors (Lipinski definition) is 1. The maximum Gasteiger partial charge on any atom is 0.0580 e. The van der Waals surface area contributed by atoms with Crippen LogP contribution in [0.4, 0.5) is 0 Å². The van der Waals surface area contributed by atoms with Crippen molar-refractivity contribution in [1.29, 1.82) is 0 Å². The zero-order valence-corrected chi connectivity index (χ0v) is 13.5. The standard InChI is InChI=1S/C20H22ClN/c21-18-8-6-17(7-9-18)19(16-4-2-1-3-5-16)22-20-12-10-15(14-20)11-13-20/h1-9,15,19,22H,10-14H2. The molecule has 1 N–H and O–H groups in total. The van der Waals surface area contributed by atoms with E-state index in [4.69, 9.17) is 11.6 Å². The van der Waals surface area contributed by atoms with Crippen LogP contribution in [0.2, 0.25) is 5.02 Å². The molecule has 2 aromatic rings. The van der Waals surface area contributed by atoms with Crippen LogP contribution in [0, 0.1) is 5.92 Å². The van der Waals surface area contributed by atoms with Crippen molar-refractivity contribution in [3.63, 3.8) is 0 Å². The summed E-state index contributed by atoms with van der Waals surface area (Å²) < 4.78 is 0. The Labute approximate surface area is 137 Å². The lowest BCUT2D eigenvalue weighted by molar-refractivity contribution is 0.305. The van der Waals surface area contributed by atoms with Crippen LogP contribution in [0.5, 0.6) is 0 Å². The minimum Gasteiger partial charge on any atom is -0.301 e. The summed E-state index contributed by atoms with van der Waals surface area (Å²) in [6.07, 6.45) is 6.80. The Morgan fingerprint density at radius 2 is 1.55 bits per heavy atom. The van der Waals surface area contributed by atoms with Gasteiger partial charge in [-0.15, -0.1) is 0 Å². The second kappa shape index (κ2) is 5.72. The zero-order valence-electron chi connectivity index (χ0n) is 12.8. The summed E-state index contributed by atoms with van der Waals surface area (Å²) in [5.41, 5.74) is 3.00. The highest BCUT2D eigenvalue weighted by Gasteiger charge is 2.45. The van der Waals surface area contributed by atoms with E-state index in [1.807, 2.05) is 12.1 Å². The van der Waals surface area contributed by atoms with E-state index in [1.54, 1.807) is 0 Å². The zero-order chi connectivity index (χ0) is 15.0. The van der Waals surface area contributed by atoms with E-state index in [0.29, 0.717) is 5.54 Å². The van der Waals surface area contributed by atoms with Crippen molar-refractivity contribution in [1.82, 2.24) is 5.32 Å². The number of fused-ring (bicyclic) bond motifs is 2. The molecule has 0 aliphatic heterocycles. The minimum atomic E-state index is 0.260. The van der Waals surface area contributed by atoms with Gasteiger partial charge in [-0.1, -0.05) is 54.1 Å². The fraction of sp³-hybridized carbons (Fsp3) is 0.400. The third kappa shape index (κ3) is 2.68. The molecule has 2 aliphatic rings. The van der Waals surface area contributed by atoms with Gasteiger partial charge < -0.3 is 5.32 Å². The predicted molar refractivity (Wildman–Crippen MR) is 92.2 cm³/mol. The number of nitrogens with one attached hydrogen (secondary N) is 1. The quantitative estimate of drug-likeness (QED) is 0.802. The molecule has 0 aromatic heterocycles. The molecule has 2 fully saturated rings. The normalized spacial score (nSPS) is 28.0. The molecule has 1 atom stereocenters. The maximum atomic E-state index is 6.07. The first-order valence-electron chi connectivity index (χ1n) is 8.32. The summed E-state index contributed by atoms with van der Waals surface area (Å²) in [7, 11) is 0. The maximum absolute atomic E-state index is 6.07. The van der Waals surface area contributed by atoms with Crippen LogP contribution < -0.4 is 5.32 Å². The molecule has 1 unspecified atom stereocenters. The third-order valence-electron chi connectivity index (χ3n) is 5.53. The van der Waals surface area contributed by atoms with E-state index in [-0.39, 0.29) is 6.04 Å². The van der Waals surface area contributed by atoms with Crippen LogP contribution in [0.1, 0.15) is 49.3 Å². The van der Waals surface area contributed by atoms with Crippen LogP contribution >= 0.6 is 11.6 Å². The molecule has 2 heteroatoms. The molecule has 0 saturated heterocycles. The lowest BCUT2D eigenvalue weighted by Crippen LogP contribution is -2.43. The molecule has 22 heavy (non-hydrogen) atoms. The van der Waals surface area contributed by atoms with Crippen molar-refractivity contribution in [2.45, 2.75) is 43.7 Å². The lowest BCUT2D eigenvalue weighted by atomic mass is 9.89. The summed E-state index contributed by atoms with van der Waals surface area (Å²) >= 11 is 6.07. The Balaban J connectivity index is 1.68. The first kappa shape index (κ1) is 14.3. The molecule has 114 valence electrons. The van der Waals surface area contributed by atoms with Gasteiger partial charge in [0.05, 0.1) is 6.04 Å². The largest absolute Gasteiger partial charge is 0.301 e. The van der Waals surface area contributed by atoms with Crippen molar-refractivity contribution in [2.75, 3.05) is 0 Å². The molecule has 0 radical (unpaired) electrons. The van der Waals surface area contributed by atoms with Gasteiger partial charge in [0.15, 0.2) is 0 Å². The van der Waals surface area contributed by atoms with Crippen molar-refractivity contribution in [2.24, 2.45) is 5.92 Å². The first-order valence-corrected chi connectivity index (χ1v) is 8.70. The molecule has 2 bridgehead atoms. The summed E-state index contributed by atoms with van der Waals surface area (Å²) in [4.78, 5) is 0. The van der Waals surface area contributed by atoms with Crippen LogP contribution in [-0.2, 0) is 0 Å². The molecule has 2 saturated carbocycles. The van der Waals surface area contributed by atoms with Gasteiger partial charge in [-0.05, 0) is 61.3 Å². The molecular weight excluding hydrogens is 290 g/mol. The first-order chi connectivity index (χ1) is 10.7. The van der Waals surface area contributed by atoms with Crippen LogP contribution in [0.25, 0.3) is 0 Å². The van der Waals surface area contributed by atoms with Gasteiger partial charge in [-0.3, -0.25) is 0 Å². The molecular formula is C20H22ClN. The van der Waals surface area contributed by atoms with Crippen molar-refractivity contribution in [3.05, 3.63) is 70.7 Å². The average Bonchev–Trinajstić information content (AvgIpc) is 3.15. The second-order valence-corrected chi connectivity index (χ2v) is 7.40. The summed E-state index contributed by atoms with van der Waals surface area (Å²) in [5, 5.41) is 4.83. The van der Waals surface area contributed by atoms with Crippen molar-refractivity contribution in [3.8, 4) is 0 Å². The highest BCUT2D eigenvalue weighted by atomic mass is 35.5. The Kier molecular flexibility index (Phi) is 3.71. The van der Waals surface area contributed by atoms with Gasteiger partial charge in [0.25, 0.3) is 0 Å². The van der Waals surface area contributed by atoms with Crippen LogP contribution in [0.3, 0.4) is 0 Å². The summed E-state index contributed by atoms with van der Waals surface area (Å²) in [6.45, 7) is 0. The van der Waals surface area contributed by atoms with Gasteiger partial charge in [-0.2, -0.15) is 0 Å². The van der Waals surface area contributed by atoms with E-state index in [1.165, 1.54) is 43.2 Å². The molecule has 0 spiro atoms. The molecule has 2 aliphatic carbocycles. The van der Waals surface area contributed by atoms with Gasteiger partial charge in [0.2, 0.25) is 0 Å². The second-order valence-electron chi connectivity index (χ2n) is 6.97. The van der Waals surface area contributed by atoms with Gasteiger partial charge in [0, 0.05) is 10.6 Å². The van der Waals surface area contributed by atoms with Gasteiger partial charge in [-0.25, -0.2) is 0 Å². The Morgan fingerprint density at radius 1 is 0.909 bits per heavy atom. The Morgan fingerprint density at radius 3 is 2.14 bits per heavy atom. The molecule has 2 aromatic carbocycles. The topological polar surface area (TPSA) is 12.0 Å². The van der Waals surface area contributed by atoms with E-state index < -0.39 is 0 Å². The van der Waals surface area contributed by atoms with Crippen LogP contribution in [0.15, 0.2) is 54.6 Å². The van der Waals surface area contributed by atoms with Crippen molar-refractivity contribution >= 4 is 11.6 Å². The number of benzene rings is 2. The van der Waals surface area contributed by atoms with Crippen LogP contribution in [-0.4, -0.2) is 5.54 Å². The smallest absolute Gasteiger partial charge is 0.0580 e. The van der Waals surface area contributed by atoms with E-state index in [9.17, 15) is 0 Å². The fourth-order valence-electron chi connectivity index (χ4n) is 4.36. The average molecular weight is 312 g/mol. The Bertz CT molecular complexity index is 627. The fourth-order valence-corrected chi connectivity index (χ4v) is 4.49. The number of hydrogen-bond donors (Lipinski definition) is 1. The highest BCUT2D eigenvalue weighted by molar-refractivity contribution is 6.30. The van der Waals surface area contributed by atoms with E-state index >= 15 is 0 Å². The van der Waals surface area contributed by atoms with Gasteiger partial charge in [0.1, 0.15) is 0 Å². The summed E-state index contributed by atoms with van der Waals surface area (Å²) in [6, 6.07) is 19.4. The molecule has 0 heterocycles. The molecule has 1 nitrogen and oxygen atoms in total. The Hall–Kier alpha value is -1.31.